The molecule has 1 aromatic carbocycles. The summed E-state index contributed by atoms with van der Waals surface area (Å²) in [5.41, 5.74) is 8.00. The zero-order chi connectivity index (χ0) is 22.5. The third-order valence-corrected chi connectivity index (χ3v) is 5.62. The van der Waals surface area contributed by atoms with Crippen LogP contribution in [0.4, 0.5) is 11.4 Å². The van der Waals surface area contributed by atoms with Gasteiger partial charge in [-0.25, -0.2) is 4.98 Å². The molecule has 1 amide bonds. The van der Waals surface area contributed by atoms with Gasteiger partial charge in [0.25, 0.3) is 0 Å². The minimum Gasteiger partial charge on any atom is -0.481 e. The van der Waals surface area contributed by atoms with E-state index in [2.05, 4.69) is 42.7 Å². The van der Waals surface area contributed by atoms with Crippen LogP contribution >= 0.6 is 0 Å². The highest BCUT2D eigenvalue weighted by atomic mass is 16.4. The van der Waals surface area contributed by atoms with Gasteiger partial charge in [0.2, 0.25) is 5.91 Å². The molecule has 0 aliphatic rings. The number of nitrogens with one attached hydrogen (secondary N) is 2. The van der Waals surface area contributed by atoms with E-state index in [-0.39, 0.29) is 12.3 Å². The van der Waals surface area contributed by atoms with Gasteiger partial charge in [-0.2, -0.15) is 0 Å². The maximum absolute atomic E-state index is 12.4. The van der Waals surface area contributed by atoms with E-state index in [1.807, 2.05) is 30.5 Å². The van der Waals surface area contributed by atoms with Crippen molar-refractivity contribution in [3.63, 3.8) is 0 Å². The quantitative estimate of drug-likeness (QED) is 0.432. The van der Waals surface area contributed by atoms with Crippen molar-refractivity contribution in [1.29, 1.82) is 0 Å². The van der Waals surface area contributed by atoms with E-state index in [4.69, 9.17) is 10.1 Å². The van der Waals surface area contributed by atoms with Gasteiger partial charge in [-0.3, -0.25) is 9.59 Å². The second-order valence-corrected chi connectivity index (χ2v) is 7.99. The fourth-order valence-corrected chi connectivity index (χ4v) is 3.67. The van der Waals surface area contributed by atoms with Crippen LogP contribution in [0, 0.1) is 27.7 Å². The van der Waals surface area contributed by atoms with E-state index < -0.39 is 5.97 Å². The Kier molecular flexibility index (Phi) is 6.95. The summed E-state index contributed by atoms with van der Waals surface area (Å²) >= 11 is 0. The SMILES string of the molecule is Cc1cccc(C)c1CNc1cc(NC(=O)CCCCC(=O)O)cn2c(C)c(C)nc12. The molecule has 0 aliphatic carbocycles. The summed E-state index contributed by atoms with van der Waals surface area (Å²) in [6, 6.07) is 8.17. The summed E-state index contributed by atoms with van der Waals surface area (Å²) in [7, 11) is 0. The minimum atomic E-state index is -0.837. The first-order valence-corrected chi connectivity index (χ1v) is 10.6. The Morgan fingerprint density at radius 1 is 1.06 bits per heavy atom. The van der Waals surface area contributed by atoms with Gasteiger partial charge >= 0.3 is 5.97 Å². The molecule has 0 atom stereocenters. The van der Waals surface area contributed by atoms with Crippen molar-refractivity contribution in [2.45, 2.75) is 59.9 Å². The molecule has 0 aliphatic heterocycles. The van der Waals surface area contributed by atoms with E-state index in [1.54, 1.807) is 0 Å². The molecule has 7 heteroatoms. The molecule has 3 N–H and O–H groups in total. The van der Waals surface area contributed by atoms with Gasteiger partial charge < -0.3 is 20.1 Å². The van der Waals surface area contributed by atoms with E-state index in [0.717, 1.165) is 22.7 Å². The predicted octanol–water partition coefficient (Wildman–Crippen LogP) is 4.76. The monoisotopic (exact) mass is 422 g/mol. The molecule has 0 fully saturated rings. The number of rotatable bonds is 9. The summed E-state index contributed by atoms with van der Waals surface area (Å²) in [5.74, 6) is -0.962. The van der Waals surface area contributed by atoms with Crippen LogP contribution in [0.25, 0.3) is 5.65 Å². The fraction of sp³-hybridized carbons (Fsp3) is 0.375. The number of aliphatic carboxylic acids is 1. The molecule has 0 bridgehead atoms. The molecule has 164 valence electrons. The van der Waals surface area contributed by atoms with Crippen LogP contribution in [0.5, 0.6) is 0 Å². The summed E-state index contributed by atoms with van der Waals surface area (Å²) in [6.45, 7) is 8.83. The first-order chi connectivity index (χ1) is 14.8. The van der Waals surface area contributed by atoms with Gasteiger partial charge in [-0.1, -0.05) is 18.2 Å². The Morgan fingerprint density at radius 3 is 2.42 bits per heavy atom. The number of hydrogen-bond acceptors (Lipinski definition) is 4. The predicted molar refractivity (Wildman–Crippen MR) is 123 cm³/mol. The van der Waals surface area contributed by atoms with Crippen LogP contribution in [0.3, 0.4) is 0 Å². The van der Waals surface area contributed by atoms with Gasteiger partial charge in [-0.15, -0.1) is 0 Å². The normalized spacial score (nSPS) is 11.0. The first kappa shape index (κ1) is 22.3. The number of amides is 1. The van der Waals surface area contributed by atoms with Gasteiger partial charge in [-0.05, 0) is 63.3 Å². The molecule has 0 saturated heterocycles. The van der Waals surface area contributed by atoms with Crippen molar-refractivity contribution in [1.82, 2.24) is 9.38 Å². The average molecular weight is 423 g/mol. The zero-order valence-corrected chi connectivity index (χ0v) is 18.6. The van der Waals surface area contributed by atoms with Crippen molar-refractivity contribution >= 4 is 28.9 Å². The van der Waals surface area contributed by atoms with E-state index >= 15 is 0 Å². The number of nitrogens with zero attached hydrogens (tertiary/aromatic N) is 2. The molecule has 3 aromatic rings. The number of anilines is 2. The van der Waals surface area contributed by atoms with Crippen molar-refractivity contribution in [2.24, 2.45) is 0 Å². The Labute approximate surface area is 182 Å². The molecule has 0 spiro atoms. The Bertz CT molecular complexity index is 1100. The number of hydrogen-bond donors (Lipinski definition) is 3. The summed E-state index contributed by atoms with van der Waals surface area (Å²) < 4.78 is 1.99. The zero-order valence-electron chi connectivity index (χ0n) is 18.6. The Morgan fingerprint density at radius 2 is 1.74 bits per heavy atom. The second kappa shape index (κ2) is 9.64. The van der Waals surface area contributed by atoms with Gasteiger partial charge in [0, 0.05) is 31.3 Å². The highest BCUT2D eigenvalue weighted by Crippen LogP contribution is 2.26. The number of aryl methyl sites for hydroxylation is 4. The molecule has 0 unspecified atom stereocenters. The first-order valence-electron chi connectivity index (χ1n) is 10.6. The summed E-state index contributed by atoms with van der Waals surface area (Å²) in [5, 5.41) is 15.2. The maximum Gasteiger partial charge on any atom is 0.303 e. The summed E-state index contributed by atoms with van der Waals surface area (Å²) in [6.07, 6.45) is 3.28. The van der Waals surface area contributed by atoms with Crippen LogP contribution < -0.4 is 10.6 Å². The van der Waals surface area contributed by atoms with Gasteiger partial charge in [0.05, 0.1) is 17.1 Å². The number of carbonyl (C=O) groups excluding carboxylic acids is 1. The molecule has 31 heavy (non-hydrogen) atoms. The second-order valence-electron chi connectivity index (χ2n) is 7.99. The van der Waals surface area contributed by atoms with Crippen LogP contribution in [0.1, 0.15) is 53.8 Å². The number of carboxylic acids is 1. The van der Waals surface area contributed by atoms with Gasteiger partial charge in [0.1, 0.15) is 0 Å². The number of carbonyl (C=O) groups is 2. The largest absolute Gasteiger partial charge is 0.481 e. The van der Waals surface area contributed by atoms with Crippen molar-refractivity contribution in [3.05, 3.63) is 58.5 Å². The molecule has 2 aromatic heterocycles. The van der Waals surface area contributed by atoms with E-state index in [9.17, 15) is 9.59 Å². The van der Waals surface area contributed by atoms with Crippen LogP contribution in [-0.2, 0) is 16.1 Å². The summed E-state index contributed by atoms with van der Waals surface area (Å²) in [4.78, 5) is 27.7. The smallest absolute Gasteiger partial charge is 0.303 e. The standard InChI is InChI=1S/C24H30N4O3/c1-15-8-7-9-16(2)20(15)13-25-21-12-19(14-28-18(4)17(3)26-24(21)28)27-22(29)10-5-6-11-23(30)31/h7-9,12,14,25H,5-6,10-11,13H2,1-4H3,(H,27,29)(H,30,31). The lowest BCUT2D eigenvalue weighted by Crippen LogP contribution is -2.13. The van der Waals surface area contributed by atoms with Crippen molar-refractivity contribution in [3.8, 4) is 0 Å². The minimum absolute atomic E-state index is 0.0825. The molecular formula is C24H30N4O3. The van der Waals surface area contributed by atoms with Crippen molar-refractivity contribution < 1.29 is 14.7 Å². The number of imidazole rings is 1. The third kappa shape index (κ3) is 5.42. The van der Waals surface area contributed by atoms with E-state index in [1.165, 1.54) is 16.7 Å². The number of aromatic nitrogens is 2. The number of benzene rings is 1. The Hall–Kier alpha value is -3.35. The Balaban J connectivity index is 1.81. The molecule has 7 nitrogen and oxygen atoms in total. The topological polar surface area (TPSA) is 95.7 Å². The molecule has 0 saturated carbocycles. The third-order valence-electron chi connectivity index (χ3n) is 5.62. The lowest BCUT2D eigenvalue weighted by Gasteiger charge is -2.15. The number of fused-ring (bicyclic) bond motifs is 1. The van der Waals surface area contributed by atoms with Crippen LogP contribution in [-0.4, -0.2) is 26.4 Å². The van der Waals surface area contributed by atoms with Gasteiger partial charge in [0.15, 0.2) is 5.65 Å². The average Bonchev–Trinajstić information content (AvgIpc) is 2.99. The highest BCUT2D eigenvalue weighted by Gasteiger charge is 2.13. The highest BCUT2D eigenvalue weighted by molar-refractivity contribution is 5.92. The lowest BCUT2D eigenvalue weighted by atomic mass is 10.0. The van der Waals surface area contributed by atoms with Crippen LogP contribution in [0.15, 0.2) is 30.5 Å². The molecular weight excluding hydrogens is 392 g/mol. The molecule has 2 heterocycles. The lowest BCUT2D eigenvalue weighted by molar-refractivity contribution is -0.137. The molecule has 3 rings (SSSR count). The molecule has 0 radical (unpaired) electrons. The maximum atomic E-state index is 12.4. The number of unbranched alkanes of at least 4 members (excludes halogenated alkanes) is 1. The number of pyridine rings is 1. The fourth-order valence-electron chi connectivity index (χ4n) is 3.67. The number of carboxylic acid groups (broad SMARTS) is 1. The van der Waals surface area contributed by atoms with Crippen molar-refractivity contribution in [2.75, 3.05) is 10.6 Å². The van der Waals surface area contributed by atoms with E-state index in [0.29, 0.717) is 31.5 Å². The van der Waals surface area contributed by atoms with Crippen LogP contribution in [0.2, 0.25) is 0 Å².